The first-order valence-corrected chi connectivity index (χ1v) is 8.25. The number of carbonyl (C=O) groups is 1. The van der Waals surface area contributed by atoms with Gasteiger partial charge in [0.15, 0.2) is 0 Å². The van der Waals surface area contributed by atoms with E-state index in [1.54, 1.807) is 0 Å². The lowest BCUT2D eigenvalue weighted by atomic mass is 9.81. The van der Waals surface area contributed by atoms with Gasteiger partial charge in [-0.3, -0.25) is 4.79 Å². The summed E-state index contributed by atoms with van der Waals surface area (Å²) in [4.78, 5) is 15.3. The molecule has 3 heteroatoms. The van der Waals surface area contributed by atoms with Crippen molar-refractivity contribution in [2.24, 2.45) is 5.41 Å². The van der Waals surface area contributed by atoms with Crippen LogP contribution in [0, 0.1) is 5.41 Å². The largest absolute Gasteiger partial charge is 0.339 e. The molecule has 1 aliphatic carbocycles. The lowest BCUT2D eigenvalue weighted by Gasteiger charge is -2.40. The molecule has 0 unspecified atom stereocenters. The lowest BCUT2D eigenvalue weighted by Crippen LogP contribution is -2.51. The summed E-state index contributed by atoms with van der Waals surface area (Å²) in [6.07, 6.45) is 9.09. The predicted molar refractivity (Wildman–Crippen MR) is 79.1 cm³/mol. The van der Waals surface area contributed by atoms with Crippen LogP contribution in [-0.4, -0.2) is 36.5 Å². The van der Waals surface area contributed by atoms with E-state index in [0.29, 0.717) is 11.9 Å². The van der Waals surface area contributed by atoms with Gasteiger partial charge in [0.25, 0.3) is 0 Å². The zero-order valence-corrected chi connectivity index (χ0v) is 12.7. The molecule has 110 valence electrons. The van der Waals surface area contributed by atoms with Crippen LogP contribution in [0.25, 0.3) is 0 Å². The Bertz CT molecular complexity index is 291. The average Bonchev–Trinajstić information content (AvgIpc) is 2.95. The molecule has 0 aromatic rings. The Balaban J connectivity index is 2.10. The Hall–Kier alpha value is -0.570. The van der Waals surface area contributed by atoms with E-state index in [0.717, 1.165) is 58.2 Å². The van der Waals surface area contributed by atoms with Gasteiger partial charge in [-0.2, -0.15) is 0 Å². The normalized spacial score (nSPS) is 23.5. The first kappa shape index (κ1) is 14.8. The van der Waals surface area contributed by atoms with Crippen molar-refractivity contribution in [1.29, 1.82) is 0 Å². The van der Waals surface area contributed by atoms with E-state index in [1.165, 1.54) is 12.8 Å². The Labute approximate surface area is 118 Å². The van der Waals surface area contributed by atoms with E-state index in [-0.39, 0.29) is 5.41 Å². The van der Waals surface area contributed by atoms with Crippen molar-refractivity contribution in [3.63, 3.8) is 0 Å². The third kappa shape index (κ3) is 3.13. The molecule has 0 radical (unpaired) electrons. The van der Waals surface area contributed by atoms with Gasteiger partial charge in [0.05, 0.1) is 0 Å². The summed E-state index contributed by atoms with van der Waals surface area (Å²) in [7, 11) is 0. The number of piperidine rings is 1. The molecule has 2 aliphatic rings. The van der Waals surface area contributed by atoms with Crippen LogP contribution in [0.2, 0.25) is 0 Å². The molecule has 1 saturated carbocycles. The first-order chi connectivity index (χ1) is 9.23. The standard InChI is InChI=1S/C16H30N2O/c1-3-13-18(14-7-11-17-12-8-14)15(19)16(4-2)9-5-6-10-16/h14,17H,3-13H2,1-2H3. The molecule has 0 aromatic heterocycles. The van der Waals surface area contributed by atoms with Crippen molar-refractivity contribution in [3.05, 3.63) is 0 Å². The molecule has 0 bridgehead atoms. The topological polar surface area (TPSA) is 32.3 Å². The Morgan fingerprint density at radius 3 is 2.37 bits per heavy atom. The summed E-state index contributed by atoms with van der Waals surface area (Å²) in [5.74, 6) is 0.473. The van der Waals surface area contributed by atoms with Gasteiger partial charge in [-0.05, 0) is 51.6 Å². The van der Waals surface area contributed by atoms with Crippen molar-refractivity contribution in [2.75, 3.05) is 19.6 Å². The van der Waals surface area contributed by atoms with Crippen LogP contribution >= 0.6 is 0 Å². The molecule has 3 nitrogen and oxygen atoms in total. The summed E-state index contributed by atoms with van der Waals surface area (Å²) >= 11 is 0. The van der Waals surface area contributed by atoms with Crippen LogP contribution in [-0.2, 0) is 4.79 Å². The number of nitrogens with zero attached hydrogens (tertiary/aromatic N) is 1. The van der Waals surface area contributed by atoms with E-state index in [9.17, 15) is 4.79 Å². The van der Waals surface area contributed by atoms with Gasteiger partial charge in [-0.15, -0.1) is 0 Å². The minimum atomic E-state index is -0.0138. The molecule has 0 aromatic carbocycles. The maximum absolute atomic E-state index is 13.1. The molecule has 0 spiro atoms. The van der Waals surface area contributed by atoms with Crippen molar-refractivity contribution >= 4 is 5.91 Å². The van der Waals surface area contributed by atoms with Crippen molar-refractivity contribution < 1.29 is 4.79 Å². The fourth-order valence-electron chi connectivity index (χ4n) is 3.88. The molecule has 1 N–H and O–H groups in total. The minimum Gasteiger partial charge on any atom is -0.339 e. The maximum Gasteiger partial charge on any atom is 0.229 e. The molecule has 2 fully saturated rings. The zero-order valence-electron chi connectivity index (χ0n) is 12.7. The molecule has 1 amide bonds. The molecule has 1 saturated heterocycles. The number of nitrogens with one attached hydrogen (secondary N) is 1. The summed E-state index contributed by atoms with van der Waals surface area (Å²) in [5, 5.41) is 3.41. The third-order valence-electron chi connectivity index (χ3n) is 5.17. The van der Waals surface area contributed by atoms with E-state index in [2.05, 4.69) is 24.1 Å². The number of carbonyl (C=O) groups excluding carboxylic acids is 1. The number of amides is 1. The van der Waals surface area contributed by atoms with Crippen LogP contribution < -0.4 is 5.32 Å². The van der Waals surface area contributed by atoms with E-state index < -0.39 is 0 Å². The number of hydrogen-bond acceptors (Lipinski definition) is 2. The van der Waals surface area contributed by atoms with Crippen LogP contribution in [0.15, 0.2) is 0 Å². The smallest absolute Gasteiger partial charge is 0.229 e. The molecule has 1 heterocycles. The highest BCUT2D eigenvalue weighted by Gasteiger charge is 2.43. The second-order valence-electron chi connectivity index (χ2n) is 6.32. The number of rotatable bonds is 5. The molecule has 2 rings (SSSR count). The van der Waals surface area contributed by atoms with Gasteiger partial charge in [0.2, 0.25) is 5.91 Å². The summed E-state index contributed by atoms with van der Waals surface area (Å²) in [5.41, 5.74) is -0.0138. The molecule has 19 heavy (non-hydrogen) atoms. The molecular formula is C16H30N2O. The van der Waals surface area contributed by atoms with Crippen molar-refractivity contribution in [2.45, 2.75) is 71.3 Å². The quantitative estimate of drug-likeness (QED) is 0.830. The Morgan fingerprint density at radius 2 is 1.84 bits per heavy atom. The highest BCUT2D eigenvalue weighted by molar-refractivity contribution is 5.83. The summed E-state index contributed by atoms with van der Waals surface area (Å²) in [6, 6.07) is 0.484. The Morgan fingerprint density at radius 1 is 1.21 bits per heavy atom. The number of hydrogen-bond donors (Lipinski definition) is 1. The maximum atomic E-state index is 13.1. The fraction of sp³-hybridized carbons (Fsp3) is 0.938. The molecular weight excluding hydrogens is 236 g/mol. The lowest BCUT2D eigenvalue weighted by molar-refractivity contribution is -0.145. The Kier molecular flexibility index (Phi) is 5.26. The highest BCUT2D eigenvalue weighted by atomic mass is 16.2. The third-order valence-corrected chi connectivity index (χ3v) is 5.17. The second kappa shape index (κ2) is 6.74. The van der Waals surface area contributed by atoms with E-state index in [4.69, 9.17) is 0 Å². The SMILES string of the molecule is CCCN(C(=O)C1(CC)CCCC1)C1CCNCC1. The average molecular weight is 266 g/mol. The van der Waals surface area contributed by atoms with Crippen LogP contribution in [0.3, 0.4) is 0 Å². The van der Waals surface area contributed by atoms with Gasteiger partial charge in [-0.1, -0.05) is 26.7 Å². The predicted octanol–water partition coefficient (Wildman–Crippen LogP) is 2.95. The van der Waals surface area contributed by atoms with E-state index >= 15 is 0 Å². The van der Waals surface area contributed by atoms with Gasteiger partial charge in [0, 0.05) is 18.0 Å². The second-order valence-corrected chi connectivity index (χ2v) is 6.32. The minimum absolute atomic E-state index is 0.0138. The van der Waals surface area contributed by atoms with Crippen molar-refractivity contribution in [1.82, 2.24) is 10.2 Å². The van der Waals surface area contributed by atoms with Crippen molar-refractivity contribution in [3.8, 4) is 0 Å². The molecule has 1 aliphatic heterocycles. The fourth-order valence-corrected chi connectivity index (χ4v) is 3.88. The van der Waals surface area contributed by atoms with Gasteiger partial charge in [0.1, 0.15) is 0 Å². The highest BCUT2D eigenvalue weighted by Crippen LogP contribution is 2.43. The van der Waals surface area contributed by atoms with Gasteiger partial charge >= 0.3 is 0 Å². The monoisotopic (exact) mass is 266 g/mol. The first-order valence-electron chi connectivity index (χ1n) is 8.25. The van der Waals surface area contributed by atoms with Crippen LogP contribution in [0.5, 0.6) is 0 Å². The molecule has 0 atom stereocenters. The van der Waals surface area contributed by atoms with Gasteiger partial charge < -0.3 is 10.2 Å². The zero-order chi connectivity index (χ0) is 13.7. The summed E-state index contributed by atoms with van der Waals surface area (Å²) in [6.45, 7) is 7.48. The summed E-state index contributed by atoms with van der Waals surface area (Å²) < 4.78 is 0. The van der Waals surface area contributed by atoms with Crippen LogP contribution in [0.4, 0.5) is 0 Å². The van der Waals surface area contributed by atoms with Gasteiger partial charge in [-0.25, -0.2) is 0 Å². The van der Waals surface area contributed by atoms with E-state index in [1.807, 2.05) is 0 Å². The van der Waals surface area contributed by atoms with Crippen LogP contribution in [0.1, 0.15) is 65.2 Å².